The zero-order valence-corrected chi connectivity index (χ0v) is 12.1. The molecule has 0 aromatic heterocycles. The van der Waals surface area contributed by atoms with Gasteiger partial charge in [-0.15, -0.1) is 0 Å². The zero-order chi connectivity index (χ0) is 15.2. The SMILES string of the molecule is COc1ccccc1O[C@@H](Cc1cccc(C)c1)C(=O)O. The van der Waals surface area contributed by atoms with Gasteiger partial charge in [0.15, 0.2) is 17.6 Å². The molecule has 0 fully saturated rings. The molecule has 0 unspecified atom stereocenters. The molecule has 0 aliphatic rings. The lowest BCUT2D eigenvalue weighted by atomic mass is 10.1. The van der Waals surface area contributed by atoms with Crippen molar-refractivity contribution in [1.82, 2.24) is 0 Å². The normalized spacial score (nSPS) is 11.7. The minimum Gasteiger partial charge on any atom is -0.493 e. The number of methoxy groups -OCH3 is 1. The van der Waals surface area contributed by atoms with E-state index in [1.165, 1.54) is 7.11 Å². The number of carboxylic acid groups (broad SMARTS) is 1. The van der Waals surface area contributed by atoms with Crippen molar-refractivity contribution >= 4 is 5.97 Å². The van der Waals surface area contributed by atoms with Crippen LogP contribution in [0.2, 0.25) is 0 Å². The maximum atomic E-state index is 11.4. The van der Waals surface area contributed by atoms with Crippen molar-refractivity contribution < 1.29 is 19.4 Å². The second kappa shape index (κ2) is 6.79. The summed E-state index contributed by atoms with van der Waals surface area (Å²) in [6.45, 7) is 1.97. The fourth-order valence-electron chi connectivity index (χ4n) is 2.10. The van der Waals surface area contributed by atoms with Crippen molar-refractivity contribution in [3.63, 3.8) is 0 Å². The molecule has 0 amide bonds. The van der Waals surface area contributed by atoms with E-state index in [4.69, 9.17) is 9.47 Å². The quantitative estimate of drug-likeness (QED) is 0.886. The number of benzene rings is 2. The van der Waals surface area contributed by atoms with Gasteiger partial charge in [0.1, 0.15) is 0 Å². The van der Waals surface area contributed by atoms with E-state index in [2.05, 4.69) is 0 Å². The molecule has 2 aromatic rings. The largest absolute Gasteiger partial charge is 0.493 e. The predicted octanol–water partition coefficient (Wildman–Crippen LogP) is 3.08. The van der Waals surface area contributed by atoms with Gasteiger partial charge in [0.25, 0.3) is 0 Å². The average molecular weight is 286 g/mol. The molecular weight excluding hydrogens is 268 g/mol. The molecule has 4 nitrogen and oxygen atoms in total. The molecule has 2 aromatic carbocycles. The van der Waals surface area contributed by atoms with Gasteiger partial charge in [0.2, 0.25) is 0 Å². The maximum absolute atomic E-state index is 11.4. The Labute approximate surface area is 123 Å². The van der Waals surface area contributed by atoms with E-state index in [1.807, 2.05) is 37.3 Å². The van der Waals surface area contributed by atoms with Gasteiger partial charge in [-0.1, -0.05) is 42.0 Å². The van der Waals surface area contributed by atoms with Crippen molar-refractivity contribution in [3.8, 4) is 11.5 Å². The van der Waals surface area contributed by atoms with Crippen LogP contribution in [0.5, 0.6) is 11.5 Å². The highest BCUT2D eigenvalue weighted by Gasteiger charge is 2.21. The van der Waals surface area contributed by atoms with Gasteiger partial charge in [-0.3, -0.25) is 0 Å². The molecule has 21 heavy (non-hydrogen) atoms. The maximum Gasteiger partial charge on any atom is 0.345 e. The molecule has 0 aliphatic carbocycles. The molecule has 0 spiro atoms. The fraction of sp³-hybridized carbons (Fsp3) is 0.235. The summed E-state index contributed by atoms with van der Waals surface area (Å²) in [5.41, 5.74) is 2.02. The molecular formula is C17H18O4. The van der Waals surface area contributed by atoms with Crippen LogP contribution in [0.4, 0.5) is 0 Å². The van der Waals surface area contributed by atoms with Gasteiger partial charge >= 0.3 is 5.97 Å². The summed E-state index contributed by atoms with van der Waals surface area (Å²) in [6.07, 6.45) is -0.655. The van der Waals surface area contributed by atoms with Crippen LogP contribution in [0, 0.1) is 6.92 Å². The van der Waals surface area contributed by atoms with Crippen molar-refractivity contribution in [2.45, 2.75) is 19.4 Å². The third-order valence-electron chi connectivity index (χ3n) is 3.12. The van der Waals surface area contributed by atoms with Crippen molar-refractivity contribution in [2.24, 2.45) is 0 Å². The number of rotatable bonds is 6. The van der Waals surface area contributed by atoms with Crippen LogP contribution in [0.1, 0.15) is 11.1 Å². The standard InChI is InChI=1S/C17H18O4/c1-12-6-5-7-13(10-12)11-16(17(18)19)21-15-9-4-3-8-14(15)20-2/h3-10,16H,11H2,1-2H3,(H,18,19)/t16-/m0/s1. The first-order valence-electron chi connectivity index (χ1n) is 6.68. The second-order valence-corrected chi connectivity index (χ2v) is 4.79. The van der Waals surface area contributed by atoms with Gasteiger partial charge in [0.05, 0.1) is 7.11 Å². The third-order valence-corrected chi connectivity index (χ3v) is 3.12. The summed E-state index contributed by atoms with van der Waals surface area (Å²) < 4.78 is 10.8. The number of hydrogen-bond acceptors (Lipinski definition) is 3. The number of para-hydroxylation sites is 2. The number of aryl methyl sites for hydroxylation is 1. The highest BCUT2D eigenvalue weighted by atomic mass is 16.5. The monoisotopic (exact) mass is 286 g/mol. The van der Waals surface area contributed by atoms with Gasteiger partial charge in [0, 0.05) is 6.42 Å². The van der Waals surface area contributed by atoms with Gasteiger partial charge in [-0.05, 0) is 24.6 Å². The first kappa shape index (κ1) is 14.9. The van der Waals surface area contributed by atoms with Gasteiger partial charge in [-0.2, -0.15) is 0 Å². The Balaban J connectivity index is 2.18. The van der Waals surface area contributed by atoms with E-state index < -0.39 is 12.1 Å². The summed E-state index contributed by atoms with van der Waals surface area (Å²) in [5, 5.41) is 9.36. The molecule has 110 valence electrons. The lowest BCUT2D eigenvalue weighted by Crippen LogP contribution is -2.29. The Hall–Kier alpha value is -2.49. The molecule has 0 heterocycles. The van der Waals surface area contributed by atoms with Crippen LogP contribution in [0.15, 0.2) is 48.5 Å². The summed E-state index contributed by atoms with van der Waals surface area (Å²) >= 11 is 0. The first-order chi connectivity index (χ1) is 10.1. The Morgan fingerprint density at radius 3 is 2.48 bits per heavy atom. The van der Waals surface area contributed by atoms with Crippen LogP contribution in [0.25, 0.3) is 0 Å². The molecule has 1 N–H and O–H groups in total. The second-order valence-electron chi connectivity index (χ2n) is 4.79. The molecule has 0 saturated heterocycles. The smallest absolute Gasteiger partial charge is 0.345 e. The summed E-state index contributed by atoms with van der Waals surface area (Å²) in [4.78, 5) is 11.4. The molecule has 0 bridgehead atoms. The molecule has 2 rings (SSSR count). The number of carbonyl (C=O) groups is 1. The van der Waals surface area contributed by atoms with Crippen molar-refractivity contribution in [1.29, 1.82) is 0 Å². The zero-order valence-electron chi connectivity index (χ0n) is 12.1. The topological polar surface area (TPSA) is 55.8 Å². The first-order valence-corrected chi connectivity index (χ1v) is 6.68. The summed E-state index contributed by atoms with van der Waals surface area (Å²) in [7, 11) is 1.53. The average Bonchev–Trinajstić information content (AvgIpc) is 2.47. The van der Waals surface area contributed by atoms with E-state index in [0.29, 0.717) is 17.9 Å². The van der Waals surface area contributed by atoms with Crippen LogP contribution < -0.4 is 9.47 Å². The Morgan fingerprint density at radius 1 is 1.14 bits per heavy atom. The lowest BCUT2D eigenvalue weighted by molar-refractivity contribution is -0.145. The van der Waals surface area contributed by atoms with E-state index in [-0.39, 0.29) is 0 Å². The van der Waals surface area contributed by atoms with Crippen LogP contribution in [-0.2, 0) is 11.2 Å². The van der Waals surface area contributed by atoms with Crippen LogP contribution >= 0.6 is 0 Å². The van der Waals surface area contributed by atoms with E-state index >= 15 is 0 Å². The fourth-order valence-corrected chi connectivity index (χ4v) is 2.10. The van der Waals surface area contributed by atoms with Crippen LogP contribution in [-0.4, -0.2) is 24.3 Å². The van der Waals surface area contributed by atoms with Crippen molar-refractivity contribution in [3.05, 3.63) is 59.7 Å². The number of aliphatic carboxylic acids is 1. The van der Waals surface area contributed by atoms with Crippen molar-refractivity contribution in [2.75, 3.05) is 7.11 Å². The number of ether oxygens (including phenoxy) is 2. The Morgan fingerprint density at radius 2 is 1.86 bits per heavy atom. The minimum absolute atomic E-state index is 0.301. The minimum atomic E-state index is -0.998. The summed E-state index contributed by atoms with van der Waals surface area (Å²) in [6, 6.07) is 14.8. The van der Waals surface area contributed by atoms with Gasteiger partial charge < -0.3 is 14.6 Å². The lowest BCUT2D eigenvalue weighted by Gasteiger charge is -2.17. The molecule has 0 saturated carbocycles. The molecule has 4 heteroatoms. The highest BCUT2D eigenvalue weighted by Crippen LogP contribution is 2.27. The molecule has 0 aliphatic heterocycles. The molecule has 0 radical (unpaired) electrons. The molecule has 1 atom stereocenters. The predicted molar refractivity (Wildman–Crippen MR) is 79.9 cm³/mol. The number of carboxylic acids is 1. The van der Waals surface area contributed by atoms with E-state index in [1.54, 1.807) is 18.2 Å². The Bertz CT molecular complexity index is 622. The Kier molecular flexibility index (Phi) is 4.82. The number of hydrogen-bond donors (Lipinski definition) is 1. The van der Waals surface area contributed by atoms with E-state index in [0.717, 1.165) is 11.1 Å². The summed E-state index contributed by atoms with van der Waals surface area (Å²) in [5.74, 6) is -0.0459. The van der Waals surface area contributed by atoms with E-state index in [9.17, 15) is 9.90 Å². The van der Waals surface area contributed by atoms with Gasteiger partial charge in [-0.25, -0.2) is 4.79 Å². The third kappa shape index (κ3) is 3.99. The highest BCUT2D eigenvalue weighted by molar-refractivity contribution is 5.73. The van der Waals surface area contributed by atoms with Crippen LogP contribution in [0.3, 0.4) is 0 Å².